The number of rotatable bonds is 4. The van der Waals surface area contributed by atoms with E-state index in [0.29, 0.717) is 17.8 Å². The van der Waals surface area contributed by atoms with Crippen molar-refractivity contribution in [3.8, 4) is 10.8 Å². The van der Waals surface area contributed by atoms with Gasteiger partial charge in [-0.1, -0.05) is 12.1 Å². The second-order valence-electron chi connectivity index (χ2n) is 5.51. The quantitative estimate of drug-likeness (QED) is 0.691. The molecule has 0 aliphatic carbocycles. The molecule has 4 heterocycles. The highest BCUT2D eigenvalue weighted by molar-refractivity contribution is 7.13. The van der Waals surface area contributed by atoms with Crippen LogP contribution in [-0.2, 0) is 0 Å². The van der Waals surface area contributed by atoms with Gasteiger partial charge in [0.1, 0.15) is 0 Å². The summed E-state index contributed by atoms with van der Waals surface area (Å²) >= 11 is 3.46. The third-order valence-electron chi connectivity index (χ3n) is 4.19. The third kappa shape index (κ3) is 2.51. The minimum absolute atomic E-state index is 0.149. The molecule has 2 atom stereocenters. The Morgan fingerprint density at radius 1 is 1.23 bits per heavy atom. The lowest BCUT2D eigenvalue weighted by Gasteiger charge is -2.27. The van der Waals surface area contributed by atoms with Gasteiger partial charge in [-0.3, -0.25) is 4.90 Å². The maximum atomic E-state index is 5.92. The Bertz CT molecular complexity index is 721. The summed E-state index contributed by atoms with van der Waals surface area (Å²) in [5.41, 5.74) is 0. The maximum absolute atomic E-state index is 5.92. The van der Waals surface area contributed by atoms with Crippen LogP contribution in [0, 0.1) is 0 Å². The van der Waals surface area contributed by atoms with Gasteiger partial charge in [0, 0.05) is 10.9 Å². The Labute approximate surface area is 137 Å². The topological polar surface area (TPSA) is 42.2 Å². The first-order chi connectivity index (χ1) is 10.8. The molecule has 0 spiro atoms. The summed E-state index contributed by atoms with van der Waals surface area (Å²) in [5, 5.41) is 12.7. The Kier molecular flexibility index (Phi) is 3.82. The maximum Gasteiger partial charge on any atom is 0.257 e. The van der Waals surface area contributed by atoms with Gasteiger partial charge in [-0.2, -0.15) is 0 Å². The molecule has 3 aromatic rings. The minimum atomic E-state index is 0.149. The van der Waals surface area contributed by atoms with Crippen molar-refractivity contribution in [3.63, 3.8) is 0 Å². The monoisotopic (exact) mass is 331 g/mol. The molecule has 0 saturated carbocycles. The molecular formula is C16H17N3OS2. The fourth-order valence-corrected chi connectivity index (χ4v) is 4.61. The Morgan fingerprint density at radius 3 is 2.86 bits per heavy atom. The highest BCUT2D eigenvalue weighted by Gasteiger charge is 2.33. The van der Waals surface area contributed by atoms with Gasteiger partial charge < -0.3 is 4.42 Å². The van der Waals surface area contributed by atoms with Crippen LogP contribution in [0.15, 0.2) is 39.4 Å². The van der Waals surface area contributed by atoms with Crippen molar-refractivity contribution in [1.29, 1.82) is 0 Å². The van der Waals surface area contributed by atoms with Crippen molar-refractivity contribution >= 4 is 22.7 Å². The average Bonchev–Trinajstić information content (AvgIpc) is 3.35. The second-order valence-corrected chi connectivity index (χ2v) is 7.44. The molecule has 0 bridgehead atoms. The molecule has 0 radical (unpaired) electrons. The van der Waals surface area contributed by atoms with Crippen molar-refractivity contribution in [2.75, 3.05) is 6.54 Å². The summed E-state index contributed by atoms with van der Waals surface area (Å²) in [4.78, 5) is 4.95. The van der Waals surface area contributed by atoms with Gasteiger partial charge in [0.2, 0.25) is 5.89 Å². The second kappa shape index (κ2) is 5.95. The average molecular weight is 331 g/mol. The van der Waals surface area contributed by atoms with Crippen LogP contribution >= 0.6 is 22.7 Å². The van der Waals surface area contributed by atoms with Crippen LogP contribution in [0.25, 0.3) is 10.8 Å². The zero-order valence-corrected chi connectivity index (χ0v) is 13.9. The van der Waals surface area contributed by atoms with E-state index in [-0.39, 0.29) is 6.04 Å². The Morgan fingerprint density at radius 2 is 2.09 bits per heavy atom. The SMILES string of the molecule is C[C@@H](c1nnc(-c2cccs2)o1)N1CCC[C@@H]1c1cccs1. The van der Waals surface area contributed by atoms with Gasteiger partial charge in [-0.15, -0.1) is 32.9 Å². The fourth-order valence-electron chi connectivity index (χ4n) is 3.08. The van der Waals surface area contributed by atoms with E-state index in [9.17, 15) is 0 Å². The molecule has 4 nitrogen and oxygen atoms in total. The summed E-state index contributed by atoms with van der Waals surface area (Å²) < 4.78 is 5.92. The van der Waals surface area contributed by atoms with Crippen LogP contribution in [0.1, 0.15) is 42.6 Å². The molecule has 1 fully saturated rings. The predicted molar refractivity (Wildman–Crippen MR) is 89.0 cm³/mol. The minimum Gasteiger partial charge on any atom is -0.418 e. The number of aromatic nitrogens is 2. The largest absolute Gasteiger partial charge is 0.418 e. The van der Waals surface area contributed by atoms with Crippen molar-refractivity contribution in [2.24, 2.45) is 0 Å². The fraction of sp³-hybridized carbons (Fsp3) is 0.375. The zero-order chi connectivity index (χ0) is 14.9. The predicted octanol–water partition coefficient (Wildman–Crippen LogP) is 4.76. The van der Waals surface area contributed by atoms with Crippen molar-refractivity contribution in [1.82, 2.24) is 15.1 Å². The Balaban J connectivity index is 1.57. The van der Waals surface area contributed by atoms with E-state index in [1.165, 1.54) is 17.7 Å². The van der Waals surface area contributed by atoms with Gasteiger partial charge in [0.05, 0.1) is 10.9 Å². The van der Waals surface area contributed by atoms with Gasteiger partial charge in [0.15, 0.2) is 0 Å². The van der Waals surface area contributed by atoms with Crippen molar-refractivity contribution in [3.05, 3.63) is 45.8 Å². The summed E-state index contributed by atoms with van der Waals surface area (Å²) in [5.74, 6) is 1.34. The molecule has 0 aromatic carbocycles. The highest BCUT2D eigenvalue weighted by Crippen LogP contribution is 2.40. The van der Waals surface area contributed by atoms with Crippen LogP contribution in [0.4, 0.5) is 0 Å². The molecule has 6 heteroatoms. The molecular weight excluding hydrogens is 314 g/mol. The molecule has 114 valence electrons. The number of hydrogen-bond acceptors (Lipinski definition) is 6. The molecule has 3 aromatic heterocycles. The molecule has 1 saturated heterocycles. The van der Waals surface area contributed by atoms with E-state index in [4.69, 9.17) is 4.42 Å². The van der Waals surface area contributed by atoms with Crippen LogP contribution < -0.4 is 0 Å². The Hall–Kier alpha value is -1.50. The van der Waals surface area contributed by atoms with E-state index in [0.717, 1.165) is 11.4 Å². The van der Waals surface area contributed by atoms with Gasteiger partial charge in [-0.25, -0.2) is 0 Å². The molecule has 0 unspecified atom stereocenters. The summed E-state index contributed by atoms with van der Waals surface area (Å²) in [7, 11) is 0. The molecule has 0 N–H and O–H groups in total. The molecule has 22 heavy (non-hydrogen) atoms. The third-order valence-corrected chi connectivity index (χ3v) is 6.02. The first kappa shape index (κ1) is 14.1. The zero-order valence-electron chi connectivity index (χ0n) is 12.3. The van der Waals surface area contributed by atoms with E-state index in [1.807, 2.05) is 28.8 Å². The number of nitrogens with zero attached hydrogens (tertiary/aromatic N) is 3. The van der Waals surface area contributed by atoms with E-state index in [2.05, 4.69) is 39.5 Å². The van der Waals surface area contributed by atoms with Crippen LogP contribution in [-0.4, -0.2) is 21.6 Å². The molecule has 1 aliphatic rings. The lowest BCUT2D eigenvalue weighted by molar-refractivity contribution is 0.170. The summed E-state index contributed by atoms with van der Waals surface area (Å²) in [6.45, 7) is 3.25. The lowest BCUT2D eigenvalue weighted by atomic mass is 10.1. The van der Waals surface area contributed by atoms with Gasteiger partial charge >= 0.3 is 0 Å². The molecule has 0 amide bonds. The van der Waals surface area contributed by atoms with Gasteiger partial charge in [-0.05, 0) is 49.2 Å². The normalized spacial score (nSPS) is 20.5. The summed E-state index contributed by atoms with van der Waals surface area (Å²) in [6, 6.07) is 8.99. The van der Waals surface area contributed by atoms with E-state index in [1.54, 1.807) is 11.3 Å². The van der Waals surface area contributed by atoms with Crippen LogP contribution in [0.5, 0.6) is 0 Å². The molecule has 4 rings (SSSR count). The first-order valence-corrected chi connectivity index (χ1v) is 9.25. The standard InChI is InChI=1S/C16H17N3OS2/c1-11(15-17-18-16(20-15)14-7-4-10-22-14)19-8-2-5-12(19)13-6-3-9-21-13/h3-4,6-7,9-12H,2,5,8H2,1H3/t11-,12+/m0/s1. The van der Waals surface area contributed by atoms with Crippen molar-refractivity contribution in [2.45, 2.75) is 31.8 Å². The summed E-state index contributed by atoms with van der Waals surface area (Å²) in [6.07, 6.45) is 2.43. The van der Waals surface area contributed by atoms with Crippen molar-refractivity contribution < 1.29 is 4.42 Å². The first-order valence-electron chi connectivity index (χ1n) is 7.49. The lowest BCUT2D eigenvalue weighted by Crippen LogP contribution is -2.26. The number of thiophene rings is 2. The van der Waals surface area contributed by atoms with Crippen LogP contribution in [0.3, 0.4) is 0 Å². The van der Waals surface area contributed by atoms with Crippen LogP contribution in [0.2, 0.25) is 0 Å². The highest BCUT2D eigenvalue weighted by atomic mass is 32.1. The smallest absolute Gasteiger partial charge is 0.257 e. The molecule has 1 aliphatic heterocycles. The number of likely N-dealkylation sites (tertiary alicyclic amines) is 1. The van der Waals surface area contributed by atoms with E-state index < -0.39 is 0 Å². The number of hydrogen-bond donors (Lipinski definition) is 0. The van der Waals surface area contributed by atoms with E-state index >= 15 is 0 Å². The van der Waals surface area contributed by atoms with Gasteiger partial charge in [0.25, 0.3) is 5.89 Å².